The summed E-state index contributed by atoms with van der Waals surface area (Å²) in [5, 5.41) is 0.725. The first-order valence-corrected chi connectivity index (χ1v) is 9.85. The molecule has 0 saturated heterocycles. The van der Waals surface area contributed by atoms with Gasteiger partial charge in [-0.2, -0.15) is 0 Å². The van der Waals surface area contributed by atoms with Gasteiger partial charge in [0.2, 0.25) is 0 Å². The zero-order valence-electron chi connectivity index (χ0n) is 16.1. The minimum absolute atomic E-state index is 0.530. The molecule has 0 aliphatic rings. The van der Waals surface area contributed by atoms with E-state index in [1.165, 1.54) is 0 Å². The highest BCUT2D eigenvalue weighted by atomic mass is 35.5. The lowest BCUT2D eigenvalue weighted by Gasteiger charge is -2.18. The highest BCUT2D eigenvalue weighted by Crippen LogP contribution is 2.24. The van der Waals surface area contributed by atoms with Crippen molar-refractivity contribution < 1.29 is 14.3 Å². The van der Waals surface area contributed by atoms with Gasteiger partial charge in [-0.3, -0.25) is 4.79 Å². The molecule has 0 aromatic heterocycles. The van der Waals surface area contributed by atoms with E-state index in [4.69, 9.17) is 21.1 Å². The first-order chi connectivity index (χ1) is 13.2. The maximum Gasteiger partial charge on any atom is 0.153 e. The molecule has 2 aromatic carbocycles. The van der Waals surface area contributed by atoms with E-state index in [1.807, 2.05) is 24.3 Å². The van der Waals surface area contributed by atoms with Gasteiger partial charge in [0.25, 0.3) is 0 Å². The molecule has 0 spiro atoms. The van der Waals surface area contributed by atoms with E-state index in [1.54, 1.807) is 18.2 Å². The number of hydrogen-bond donors (Lipinski definition) is 0. The summed E-state index contributed by atoms with van der Waals surface area (Å²) in [6.45, 7) is 8.46. The molecule has 5 heteroatoms. The Balaban J connectivity index is 1.87. The highest BCUT2D eigenvalue weighted by Gasteiger charge is 2.07. The van der Waals surface area contributed by atoms with Crippen molar-refractivity contribution in [2.45, 2.75) is 26.7 Å². The van der Waals surface area contributed by atoms with Gasteiger partial charge in [0.05, 0.1) is 18.8 Å². The van der Waals surface area contributed by atoms with E-state index in [0.29, 0.717) is 30.3 Å². The molecule has 4 nitrogen and oxygen atoms in total. The summed E-state index contributed by atoms with van der Waals surface area (Å²) in [7, 11) is 0. The lowest BCUT2D eigenvalue weighted by Crippen LogP contribution is -2.25. The summed E-state index contributed by atoms with van der Waals surface area (Å²) < 4.78 is 11.7. The number of carbonyl (C=O) groups excluding carboxylic acids is 1. The van der Waals surface area contributed by atoms with Gasteiger partial charge in [0.15, 0.2) is 6.29 Å². The van der Waals surface area contributed by atoms with Crippen LogP contribution in [-0.2, 0) is 6.42 Å². The van der Waals surface area contributed by atoms with E-state index in [9.17, 15) is 4.79 Å². The van der Waals surface area contributed by atoms with E-state index < -0.39 is 0 Å². The Morgan fingerprint density at radius 2 is 1.85 bits per heavy atom. The van der Waals surface area contributed by atoms with Crippen LogP contribution in [0.5, 0.6) is 11.5 Å². The van der Waals surface area contributed by atoms with E-state index in [2.05, 4.69) is 18.7 Å². The predicted molar refractivity (Wildman–Crippen MR) is 110 cm³/mol. The van der Waals surface area contributed by atoms with Crippen molar-refractivity contribution in [3.05, 3.63) is 58.6 Å². The molecule has 0 unspecified atom stereocenters. The first kappa shape index (κ1) is 21.3. The van der Waals surface area contributed by atoms with Gasteiger partial charge in [-0.15, -0.1) is 0 Å². The fraction of sp³-hybridized carbons (Fsp3) is 0.409. The number of hydrogen-bond acceptors (Lipinski definition) is 4. The monoisotopic (exact) mass is 389 g/mol. The lowest BCUT2D eigenvalue weighted by atomic mass is 10.2. The van der Waals surface area contributed by atoms with Crippen LogP contribution in [0.1, 0.15) is 36.2 Å². The Morgan fingerprint density at radius 3 is 2.56 bits per heavy atom. The van der Waals surface area contributed by atoms with Crippen LogP contribution < -0.4 is 9.47 Å². The van der Waals surface area contributed by atoms with Crippen LogP contribution in [0, 0.1) is 0 Å². The third kappa shape index (κ3) is 7.24. The second-order valence-electron chi connectivity index (χ2n) is 6.27. The standard InChI is InChI=1S/C22H28ClNO3/c1-3-24(4-2)12-6-13-27-22-16-21(10-9-19(22)17-25)26-14-11-18-7-5-8-20(23)15-18/h5,7-10,15-17H,3-4,6,11-14H2,1-2H3. The molecule has 0 N–H and O–H groups in total. The Morgan fingerprint density at radius 1 is 1.04 bits per heavy atom. The fourth-order valence-corrected chi connectivity index (χ4v) is 3.03. The number of nitrogens with zero attached hydrogens (tertiary/aromatic N) is 1. The van der Waals surface area contributed by atoms with Gasteiger partial charge in [-0.25, -0.2) is 0 Å². The van der Waals surface area contributed by atoms with Crippen molar-refractivity contribution in [2.24, 2.45) is 0 Å². The van der Waals surface area contributed by atoms with Crippen LogP contribution in [0.3, 0.4) is 0 Å². The fourth-order valence-electron chi connectivity index (χ4n) is 2.82. The zero-order chi connectivity index (χ0) is 19.5. The summed E-state index contributed by atoms with van der Waals surface area (Å²) in [4.78, 5) is 13.6. The average Bonchev–Trinajstić information content (AvgIpc) is 2.68. The summed E-state index contributed by atoms with van der Waals surface area (Å²) in [5.74, 6) is 1.27. The molecule has 0 radical (unpaired) electrons. The van der Waals surface area contributed by atoms with Crippen LogP contribution in [0.4, 0.5) is 0 Å². The van der Waals surface area contributed by atoms with Gasteiger partial charge < -0.3 is 14.4 Å². The quantitative estimate of drug-likeness (QED) is 0.383. The summed E-state index contributed by atoms with van der Waals surface area (Å²) in [6.07, 6.45) is 2.49. The number of carbonyl (C=O) groups is 1. The minimum atomic E-state index is 0.530. The van der Waals surface area contributed by atoms with Crippen LogP contribution in [0.15, 0.2) is 42.5 Å². The van der Waals surface area contributed by atoms with Gasteiger partial charge in [0, 0.05) is 24.1 Å². The molecule has 0 saturated carbocycles. The number of ether oxygens (including phenoxy) is 2. The molecule has 0 atom stereocenters. The Kier molecular flexibility index (Phi) is 9.16. The maximum absolute atomic E-state index is 11.3. The van der Waals surface area contributed by atoms with Crippen LogP contribution in [-0.4, -0.2) is 44.0 Å². The SMILES string of the molecule is CCN(CC)CCCOc1cc(OCCc2cccc(Cl)c2)ccc1C=O. The molecule has 2 aromatic rings. The van der Waals surface area contributed by atoms with Gasteiger partial charge >= 0.3 is 0 Å². The summed E-state index contributed by atoms with van der Waals surface area (Å²) in [6, 6.07) is 13.1. The van der Waals surface area contributed by atoms with Crippen molar-refractivity contribution in [3.8, 4) is 11.5 Å². The van der Waals surface area contributed by atoms with Crippen LogP contribution in [0.2, 0.25) is 5.02 Å². The normalized spacial score (nSPS) is 10.8. The number of halogens is 1. The van der Waals surface area contributed by atoms with Crippen molar-refractivity contribution in [3.63, 3.8) is 0 Å². The average molecular weight is 390 g/mol. The van der Waals surface area contributed by atoms with Crippen molar-refractivity contribution in [2.75, 3.05) is 32.8 Å². The molecule has 0 fully saturated rings. The zero-order valence-corrected chi connectivity index (χ0v) is 16.9. The largest absolute Gasteiger partial charge is 0.493 e. The summed E-state index contributed by atoms with van der Waals surface area (Å²) >= 11 is 6.00. The van der Waals surface area contributed by atoms with Crippen molar-refractivity contribution in [1.82, 2.24) is 4.90 Å². The van der Waals surface area contributed by atoms with E-state index >= 15 is 0 Å². The van der Waals surface area contributed by atoms with Crippen LogP contribution >= 0.6 is 11.6 Å². The Hall–Kier alpha value is -2.04. The number of benzene rings is 2. The lowest BCUT2D eigenvalue weighted by molar-refractivity contribution is 0.111. The molecular formula is C22H28ClNO3. The summed E-state index contributed by atoms with van der Waals surface area (Å²) in [5.41, 5.74) is 1.67. The highest BCUT2D eigenvalue weighted by molar-refractivity contribution is 6.30. The Bertz CT molecular complexity index is 716. The van der Waals surface area contributed by atoms with Gasteiger partial charge in [-0.05, 0) is 49.3 Å². The molecular weight excluding hydrogens is 362 g/mol. The van der Waals surface area contributed by atoms with Gasteiger partial charge in [0.1, 0.15) is 11.5 Å². The molecule has 0 bridgehead atoms. The minimum Gasteiger partial charge on any atom is -0.493 e. The number of aldehydes is 1. The van der Waals surface area contributed by atoms with E-state index in [-0.39, 0.29) is 0 Å². The van der Waals surface area contributed by atoms with Gasteiger partial charge in [-0.1, -0.05) is 37.6 Å². The predicted octanol–water partition coefficient (Wildman–Crippen LogP) is 4.88. The molecule has 146 valence electrons. The molecule has 0 aliphatic heterocycles. The second kappa shape index (κ2) is 11.6. The topological polar surface area (TPSA) is 38.8 Å². The Labute approximate surface area is 167 Å². The third-order valence-electron chi connectivity index (χ3n) is 4.43. The molecule has 0 amide bonds. The molecule has 2 rings (SSSR count). The number of rotatable bonds is 12. The molecule has 27 heavy (non-hydrogen) atoms. The van der Waals surface area contributed by atoms with Crippen molar-refractivity contribution >= 4 is 17.9 Å². The van der Waals surface area contributed by atoms with E-state index in [0.717, 1.165) is 49.3 Å². The van der Waals surface area contributed by atoms with Crippen LogP contribution in [0.25, 0.3) is 0 Å². The van der Waals surface area contributed by atoms with Crippen molar-refractivity contribution in [1.29, 1.82) is 0 Å². The smallest absolute Gasteiger partial charge is 0.153 e. The third-order valence-corrected chi connectivity index (χ3v) is 4.67. The maximum atomic E-state index is 11.3. The second-order valence-corrected chi connectivity index (χ2v) is 6.71. The first-order valence-electron chi connectivity index (χ1n) is 9.47. The molecule has 0 aliphatic carbocycles. The molecule has 0 heterocycles.